The molecular formula is C15H29N5O2S. The highest BCUT2D eigenvalue weighted by Gasteiger charge is 2.22. The minimum Gasteiger partial charge on any atom is -0.303 e. The Morgan fingerprint density at radius 3 is 2.65 bits per heavy atom. The van der Waals surface area contributed by atoms with Gasteiger partial charge in [-0.3, -0.25) is 0 Å². The van der Waals surface area contributed by atoms with Crippen molar-refractivity contribution >= 4 is 10.0 Å². The molecule has 0 spiro atoms. The average Bonchev–Trinajstić information content (AvgIpc) is 2.77. The van der Waals surface area contributed by atoms with Gasteiger partial charge in [0.15, 0.2) is 0 Å². The van der Waals surface area contributed by atoms with Gasteiger partial charge < -0.3 is 4.90 Å². The lowest BCUT2D eigenvalue weighted by atomic mass is 9.98. The van der Waals surface area contributed by atoms with Gasteiger partial charge in [0, 0.05) is 27.2 Å². The van der Waals surface area contributed by atoms with Crippen molar-refractivity contribution in [2.75, 3.05) is 39.5 Å². The van der Waals surface area contributed by atoms with Crippen LogP contribution >= 0.6 is 0 Å². The van der Waals surface area contributed by atoms with Gasteiger partial charge in [0.25, 0.3) is 0 Å². The van der Waals surface area contributed by atoms with E-state index in [9.17, 15) is 8.42 Å². The fourth-order valence-electron chi connectivity index (χ4n) is 3.14. The first-order valence-corrected chi connectivity index (χ1v) is 9.89. The van der Waals surface area contributed by atoms with Crippen molar-refractivity contribution in [3.63, 3.8) is 0 Å². The zero-order valence-corrected chi connectivity index (χ0v) is 15.5. The highest BCUT2D eigenvalue weighted by molar-refractivity contribution is 7.89. The molecule has 0 bridgehead atoms. The number of nitrogens with zero attached hydrogens (tertiary/aromatic N) is 5. The van der Waals surface area contributed by atoms with Crippen molar-refractivity contribution < 1.29 is 8.42 Å². The predicted molar refractivity (Wildman–Crippen MR) is 90.8 cm³/mol. The number of sulfonamides is 1. The van der Waals surface area contributed by atoms with E-state index < -0.39 is 10.0 Å². The molecule has 1 saturated heterocycles. The lowest BCUT2D eigenvalue weighted by Gasteiger charge is -2.32. The van der Waals surface area contributed by atoms with Gasteiger partial charge in [0.05, 0.1) is 5.75 Å². The summed E-state index contributed by atoms with van der Waals surface area (Å²) >= 11 is 0. The van der Waals surface area contributed by atoms with E-state index in [4.69, 9.17) is 0 Å². The van der Waals surface area contributed by atoms with Gasteiger partial charge >= 0.3 is 0 Å². The van der Waals surface area contributed by atoms with E-state index in [1.807, 2.05) is 18.5 Å². The number of hydrogen-bond donors (Lipinski definition) is 0. The molecule has 1 atom stereocenters. The molecule has 1 aromatic rings. The molecule has 0 amide bonds. The molecule has 0 unspecified atom stereocenters. The fourth-order valence-corrected chi connectivity index (χ4v) is 3.99. The summed E-state index contributed by atoms with van der Waals surface area (Å²) in [7, 11) is 0.104. The van der Waals surface area contributed by atoms with Gasteiger partial charge in [0.1, 0.15) is 11.6 Å². The van der Waals surface area contributed by atoms with E-state index in [1.54, 1.807) is 14.1 Å². The van der Waals surface area contributed by atoms with E-state index in [0.29, 0.717) is 12.3 Å². The van der Waals surface area contributed by atoms with Crippen LogP contribution < -0.4 is 0 Å². The van der Waals surface area contributed by atoms with Crippen LogP contribution in [0.3, 0.4) is 0 Å². The van der Waals surface area contributed by atoms with Gasteiger partial charge in [0.2, 0.25) is 10.0 Å². The summed E-state index contributed by atoms with van der Waals surface area (Å²) in [6.07, 6.45) is 3.05. The predicted octanol–water partition coefficient (Wildman–Crippen LogP) is 0.888. The third kappa shape index (κ3) is 5.26. The minimum atomic E-state index is -3.08. The van der Waals surface area contributed by atoms with Gasteiger partial charge in [-0.2, -0.15) is 5.10 Å². The first kappa shape index (κ1) is 18.4. The molecule has 0 N–H and O–H groups in total. The van der Waals surface area contributed by atoms with Crippen LogP contribution in [0.5, 0.6) is 0 Å². The maximum Gasteiger partial charge on any atom is 0.213 e. The zero-order chi connectivity index (χ0) is 17.0. The summed E-state index contributed by atoms with van der Waals surface area (Å²) in [5.74, 6) is 2.58. The largest absolute Gasteiger partial charge is 0.303 e. The molecule has 8 heteroatoms. The SMILES string of the molecule is Cc1nc(C)n(C[C@@H]2CCCN(CCCS(=O)(=O)N(C)C)C2)n1. The Balaban J connectivity index is 1.80. The third-order valence-corrected chi connectivity index (χ3v) is 6.35. The van der Waals surface area contributed by atoms with E-state index in [1.165, 1.54) is 10.7 Å². The Hall–Kier alpha value is -0.990. The second-order valence-corrected chi connectivity index (χ2v) is 8.95. The number of hydrogen-bond acceptors (Lipinski definition) is 5. The van der Waals surface area contributed by atoms with Crippen molar-refractivity contribution in [1.82, 2.24) is 24.0 Å². The van der Waals surface area contributed by atoms with Gasteiger partial charge in [-0.25, -0.2) is 22.4 Å². The number of aryl methyl sites for hydroxylation is 2. The zero-order valence-electron chi connectivity index (χ0n) is 14.7. The molecule has 7 nitrogen and oxygen atoms in total. The molecule has 0 aromatic carbocycles. The van der Waals surface area contributed by atoms with Crippen LogP contribution in [0.15, 0.2) is 0 Å². The van der Waals surface area contributed by atoms with E-state index in [0.717, 1.165) is 44.2 Å². The first-order chi connectivity index (χ1) is 10.8. The van der Waals surface area contributed by atoms with E-state index >= 15 is 0 Å². The smallest absolute Gasteiger partial charge is 0.213 e. The summed E-state index contributed by atoms with van der Waals surface area (Å²) in [4.78, 5) is 6.74. The van der Waals surface area contributed by atoms with Crippen molar-refractivity contribution in [3.8, 4) is 0 Å². The topological polar surface area (TPSA) is 71.3 Å². The average molecular weight is 343 g/mol. The standard InChI is InChI=1S/C15H29N5O2S/c1-13-16-14(2)20(17-13)12-15-7-5-8-19(11-15)9-6-10-23(21,22)18(3)4/h15H,5-12H2,1-4H3/t15-/m1/s1. The van der Waals surface area contributed by atoms with Crippen molar-refractivity contribution in [2.24, 2.45) is 5.92 Å². The molecule has 0 saturated carbocycles. The number of aromatic nitrogens is 3. The van der Waals surface area contributed by atoms with Crippen LogP contribution in [0.4, 0.5) is 0 Å². The molecule has 1 aliphatic rings. The van der Waals surface area contributed by atoms with Crippen molar-refractivity contribution in [3.05, 3.63) is 11.6 Å². The molecule has 0 radical (unpaired) electrons. The van der Waals surface area contributed by atoms with Crippen LogP contribution in [0.25, 0.3) is 0 Å². The second-order valence-electron chi connectivity index (χ2n) is 6.65. The second kappa shape index (κ2) is 7.72. The van der Waals surface area contributed by atoms with Gasteiger partial charge in [-0.15, -0.1) is 0 Å². The Bertz CT molecular complexity index is 611. The summed E-state index contributed by atoms with van der Waals surface area (Å²) in [5.41, 5.74) is 0. The van der Waals surface area contributed by atoms with Crippen LogP contribution in [0.1, 0.15) is 30.9 Å². The van der Waals surface area contributed by atoms with Crippen molar-refractivity contribution in [1.29, 1.82) is 0 Å². The van der Waals surface area contributed by atoms with E-state index in [-0.39, 0.29) is 5.75 Å². The third-order valence-electron chi connectivity index (χ3n) is 4.43. The van der Waals surface area contributed by atoms with Crippen LogP contribution in [0.2, 0.25) is 0 Å². The molecule has 0 aliphatic carbocycles. The van der Waals surface area contributed by atoms with Crippen LogP contribution in [0, 0.1) is 19.8 Å². The van der Waals surface area contributed by atoms with Crippen LogP contribution in [-0.4, -0.2) is 71.9 Å². The molecule has 1 aliphatic heterocycles. The maximum atomic E-state index is 11.8. The quantitative estimate of drug-likeness (QED) is 0.735. The molecule has 23 heavy (non-hydrogen) atoms. The summed E-state index contributed by atoms with van der Waals surface area (Å²) in [6, 6.07) is 0. The summed E-state index contributed by atoms with van der Waals surface area (Å²) in [5, 5.41) is 4.45. The first-order valence-electron chi connectivity index (χ1n) is 8.28. The lowest BCUT2D eigenvalue weighted by molar-refractivity contribution is 0.159. The highest BCUT2D eigenvalue weighted by atomic mass is 32.2. The van der Waals surface area contributed by atoms with Crippen molar-refractivity contribution in [2.45, 2.75) is 39.7 Å². The highest BCUT2D eigenvalue weighted by Crippen LogP contribution is 2.19. The molecular weight excluding hydrogens is 314 g/mol. The Kier molecular flexibility index (Phi) is 6.16. The Morgan fingerprint density at radius 2 is 2.04 bits per heavy atom. The summed E-state index contributed by atoms with van der Waals surface area (Å²) < 4.78 is 26.9. The molecule has 1 fully saturated rings. The minimum absolute atomic E-state index is 0.225. The number of likely N-dealkylation sites (tertiary alicyclic amines) is 1. The lowest BCUT2D eigenvalue weighted by Crippen LogP contribution is -2.38. The Morgan fingerprint density at radius 1 is 1.30 bits per heavy atom. The Labute approximate surface area is 139 Å². The molecule has 1 aromatic heterocycles. The fraction of sp³-hybridized carbons (Fsp3) is 0.867. The normalized spacial score (nSPS) is 20.3. The van der Waals surface area contributed by atoms with Gasteiger partial charge in [-0.05, 0) is 52.1 Å². The number of piperidine rings is 1. The monoisotopic (exact) mass is 343 g/mol. The molecule has 2 heterocycles. The number of rotatable bonds is 7. The summed E-state index contributed by atoms with van der Waals surface area (Å²) in [6.45, 7) is 7.74. The van der Waals surface area contributed by atoms with E-state index in [2.05, 4.69) is 15.0 Å². The van der Waals surface area contributed by atoms with Crippen LogP contribution in [-0.2, 0) is 16.6 Å². The molecule has 132 valence electrons. The molecule has 2 rings (SSSR count). The maximum absolute atomic E-state index is 11.8. The van der Waals surface area contributed by atoms with Gasteiger partial charge in [-0.1, -0.05) is 0 Å².